The summed E-state index contributed by atoms with van der Waals surface area (Å²) < 4.78 is 10.2. The third-order valence-corrected chi connectivity index (χ3v) is 2.88. The van der Waals surface area contributed by atoms with Crippen LogP contribution in [0, 0.1) is 5.92 Å². The molecule has 1 fully saturated rings. The first-order chi connectivity index (χ1) is 6.51. The molecule has 2 aliphatic rings. The molecule has 14 heavy (non-hydrogen) atoms. The van der Waals surface area contributed by atoms with Gasteiger partial charge in [0.05, 0.1) is 6.42 Å². The monoisotopic (exact) mass is 196 g/mol. The summed E-state index contributed by atoms with van der Waals surface area (Å²) >= 11 is 0. The Morgan fingerprint density at radius 3 is 2.64 bits per heavy atom. The highest BCUT2D eigenvalue weighted by Gasteiger charge is 2.47. The first kappa shape index (κ1) is 9.24. The second-order valence-corrected chi connectivity index (χ2v) is 3.94. The second-order valence-electron chi connectivity index (χ2n) is 3.94. The van der Waals surface area contributed by atoms with Gasteiger partial charge in [-0.05, 0) is 19.9 Å². The molecule has 4 heteroatoms. The fraction of sp³-hybridized carbons (Fsp3) is 0.600. The zero-order valence-corrected chi connectivity index (χ0v) is 8.15. The number of ether oxygens (including phenoxy) is 2. The van der Waals surface area contributed by atoms with Gasteiger partial charge >= 0.3 is 11.9 Å². The van der Waals surface area contributed by atoms with Crippen LogP contribution in [-0.4, -0.2) is 23.6 Å². The van der Waals surface area contributed by atoms with E-state index in [2.05, 4.69) is 0 Å². The van der Waals surface area contributed by atoms with E-state index in [4.69, 9.17) is 9.47 Å². The van der Waals surface area contributed by atoms with Crippen molar-refractivity contribution in [1.29, 1.82) is 0 Å². The van der Waals surface area contributed by atoms with Gasteiger partial charge in [-0.3, -0.25) is 4.79 Å². The molecule has 0 bridgehead atoms. The number of rotatable bonds is 1. The van der Waals surface area contributed by atoms with Crippen molar-refractivity contribution in [1.82, 2.24) is 0 Å². The molecule has 0 spiro atoms. The van der Waals surface area contributed by atoms with Crippen LogP contribution in [0.25, 0.3) is 0 Å². The molecule has 2 aliphatic heterocycles. The van der Waals surface area contributed by atoms with E-state index >= 15 is 0 Å². The molecular weight excluding hydrogens is 184 g/mol. The van der Waals surface area contributed by atoms with E-state index in [0.717, 1.165) is 0 Å². The van der Waals surface area contributed by atoms with Gasteiger partial charge in [0.2, 0.25) is 0 Å². The number of cyclic esters (lactones) is 2. The van der Waals surface area contributed by atoms with E-state index in [-0.39, 0.29) is 24.0 Å². The third-order valence-electron chi connectivity index (χ3n) is 2.88. The first-order valence-corrected chi connectivity index (χ1v) is 4.63. The Morgan fingerprint density at radius 1 is 1.50 bits per heavy atom. The largest absolute Gasteiger partial charge is 0.462 e. The van der Waals surface area contributed by atoms with Crippen molar-refractivity contribution < 1.29 is 19.1 Å². The summed E-state index contributed by atoms with van der Waals surface area (Å²) in [4.78, 5) is 22.0. The topological polar surface area (TPSA) is 52.6 Å². The van der Waals surface area contributed by atoms with Crippen LogP contribution in [0.15, 0.2) is 12.2 Å². The molecule has 0 radical (unpaired) electrons. The van der Waals surface area contributed by atoms with E-state index in [0.29, 0.717) is 6.42 Å². The van der Waals surface area contributed by atoms with E-state index in [1.165, 1.54) is 6.08 Å². The maximum Gasteiger partial charge on any atom is 0.331 e. The van der Waals surface area contributed by atoms with Crippen LogP contribution in [0.1, 0.15) is 20.3 Å². The lowest BCUT2D eigenvalue weighted by molar-refractivity contribution is -0.149. The lowest BCUT2D eigenvalue weighted by Crippen LogP contribution is -2.37. The standard InChI is InChI=1S/C10H12O4/c1-6-7(5-9(12)13-6)10(2)4-3-8(11)14-10/h3-4,6-7H,5H2,1-2H3/t6-,7+,10+/m0/s1. The van der Waals surface area contributed by atoms with Crippen LogP contribution in [0.5, 0.6) is 0 Å². The Bertz CT molecular complexity index is 320. The van der Waals surface area contributed by atoms with Gasteiger partial charge in [-0.25, -0.2) is 4.79 Å². The molecule has 2 heterocycles. The maximum absolute atomic E-state index is 11.1. The molecule has 76 valence electrons. The Morgan fingerprint density at radius 2 is 2.21 bits per heavy atom. The Balaban J connectivity index is 2.19. The van der Waals surface area contributed by atoms with Crippen LogP contribution in [-0.2, 0) is 19.1 Å². The lowest BCUT2D eigenvalue weighted by Gasteiger charge is -2.29. The van der Waals surface area contributed by atoms with Gasteiger partial charge in [0.25, 0.3) is 0 Å². The zero-order valence-electron chi connectivity index (χ0n) is 8.15. The van der Waals surface area contributed by atoms with Gasteiger partial charge in [-0.1, -0.05) is 0 Å². The number of carbonyl (C=O) groups excluding carboxylic acids is 2. The quantitative estimate of drug-likeness (QED) is 0.582. The molecule has 0 amide bonds. The molecule has 0 saturated carbocycles. The van der Waals surface area contributed by atoms with Crippen molar-refractivity contribution in [3.05, 3.63) is 12.2 Å². The van der Waals surface area contributed by atoms with Crippen molar-refractivity contribution in [3.63, 3.8) is 0 Å². The predicted molar refractivity (Wildman–Crippen MR) is 47.3 cm³/mol. The van der Waals surface area contributed by atoms with E-state index in [9.17, 15) is 9.59 Å². The SMILES string of the molecule is C[C@@H]1OC(=O)C[C@H]1[C@@]1(C)C=CC(=O)O1. The molecule has 0 unspecified atom stereocenters. The zero-order chi connectivity index (χ0) is 10.3. The normalized spacial score (nSPS) is 41.3. The number of esters is 2. The van der Waals surface area contributed by atoms with Crippen LogP contribution >= 0.6 is 0 Å². The van der Waals surface area contributed by atoms with Gasteiger partial charge in [0.15, 0.2) is 0 Å². The highest BCUT2D eigenvalue weighted by molar-refractivity contribution is 5.85. The number of hydrogen-bond acceptors (Lipinski definition) is 4. The molecule has 3 atom stereocenters. The molecule has 0 N–H and O–H groups in total. The fourth-order valence-corrected chi connectivity index (χ4v) is 2.07. The average Bonchev–Trinajstić information content (AvgIpc) is 2.57. The van der Waals surface area contributed by atoms with Crippen molar-refractivity contribution in [2.45, 2.75) is 32.0 Å². The Kier molecular flexibility index (Phi) is 1.87. The Labute approximate surface area is 81.9 Å². The Hall–Kier alpha value is -1.32. The molecule has 0 aliphatic carbocycles. The number of carbonyl (C=O) groups is 2. The summed E-state index contributed by atoms with van der Waals surface area (Å²) in [5, 5.41) is 0. The maximum atomic E-state index is 11.1. The summed E-state index contributed by atoms with van der Waals surface area (Å²) in [6, 6.07) is 0. The lowest BCUT2D eigenvalue weighted by atomic mass is 9.84. The molecular formula is C10H12O4. The van der Waals surface area contributed by atoms with Crippen molar-refractivity contribution in [3.8, 4) is 0 Å². The highest BCUT2D eigenvalue weighted by Crippen LogP contribution is 2.37. The van der Waals surface area contributed by atoms with Gasteiger partial charge in [0, 0.05) is 12.0 Å². The number of hydrogen-bond donors (Lipinski definition) is 0. The van der Waals surface area contributed by atoms with Gasteiger partial charge in [0.1, 0.15) is 11.7 Å². The molecule has 0 aromatic carbocycles. The third kappa shape index (κ3) is 1.31. The molecule has 4 nitrogen and oxygen atoms in total. The molecule has 2 rings (SSSR count). The van der Waals surface area contributed by atoms with Crippen LogP contribution in [0.2, 0.25) is 0 Å². The minimum Gasteiger partial charge on any atom is -0.462 e. The summed E-state index contributed by atoms with van der Waals surface area (Å²) in [5.41, 5.74) is -0.678. The molecule has 1 saturated heterocycles. The smallest absolute Gasteiger partial charge is 0.331 e. The average molecular weight is 196 g/mol. The fourth-order valence-electron chi connectivity index (χ4n) is 2.07. The first-order valence-electron chi connectivity index (χ1n) is 4.63. The summed E-state index contributed by atoms with van der Waals surface area (Å²) in [7, 11) is 0. The molecule has 0 aromatic rings. The predicted octanol–water partition coefficient (Wildman–Crippen LogP) is 0.810. The summed E-state index contributed by atoms with van der Waals surface area (Å²) in [6.07, 6.45) is 3.23. The summed E-state index contributed by atoms with van der Waals surface area (Å²) in [5.74, 6) is -0.642. The van der Waals surface area contributed by atoms with E-state index in [1.54, 1.807) is 13.0 Å². The minimum atomic E-state index is -0.678. The van der Waals surface area contributed by atoms with Gasteiger partial charge in [-0.2, -0.15) is 0 Å². The van der Waals surface area contributed by atoms with Crippen molar-refractivity contribution >= 4 is 11.9 Å². The van der Waals surface area contributed by atoms with Gasteiger partial charge in [-0.15, -0.1) is 0 Å². The molecule has 0 aromatic heterocycles. The van der Waals surface area contributed by atoms with E-state index < -0.39 is 5.60 Å². The minimum absolute atomic E-state index is 0.0716. The van der Waals surface area contributed by atoms with Crippen molar-refractivity contribution in [2.75, 3.05) is 0 Å². The van der Waals surface area contributed by atoms with Crippen molar-refractivity contribution in [2.24, 2.45) is 5.92 Å². The van der Waals surface area contributed by atoms with E-state index in [1.807, 2.05) is 6.92 Å². The second kappa shape index (κ2) is 2.83. The van der Waals surface area contributed by atoms with Crippen LogP contribution in [0.4, 0.5) is 0 Å². The van der Waals surface area contributed by atoms with Gasteiger partial charge < -0.3 is 9.47 Å². The van der Waals surface area contributed by atoms with Crippen LogP contribution < -0.4 is 0 Å². The summed E-state index contributed by atoms with van der Waals surface area (Å²) in [6.45, 7) is 3.62. The highest BCUT2D eigenvalue weighted by atomic mass is 16.6. The van der Waals surface area contributed by atoms with Crippen LogP contribution in [0.3, 0.4) is 0 Å².